The molecule has 0 radical (unpaired) electrons. The average molecular weight is 226 g/mol. The average Bonchev–Trinajstić information content (AvgIpc) is 2.35. The molecular weight excluding hydrogens is 196 g/mol. The Balaban J connectivity index is 2.19. The van der Waals surface area contributed by atoms with Crippen LogP contribution in [0.3, 0.4) is 0 Å². The molecule has 0 saturated carbocycles. The summed E-state index contributed by atoms with van der Waals surface area (Å²) in [7, 11) is 0. The molecule has 0 bridgehead atoms. The Morgan fingerprint density at radius 1 is 1.19 bits per heavy atom. The maximum atomic E-state index is 3.67. The summed E-state index contributed by atoms with van der Waals surface area (Å²) in [4.78, 5) is 2.69. The molecule has 1 N–H and O–H groups in total. The fourth-order valence-corrected chi connectivity index (χ4v) is 2.81. The van der Waals surface area contributed by atoms with Crippen LogP contribution in [0.15, 0.2) is 0 Å². The van der Waals surface area contributed by atoms with E-state index < -0.39 is 0 Å². The number of hydrogen-bond acceptors (Lipinski definition) is 2. The second-order valence-corrected chi connectivity index (χ2v) is 5.06. The third kappa shape index (κ3) is 4.42. The number of nitrogens with zero attached hydrogens (tertiary/aromatic N) is 1. The van der Waals surface area contributed by atoms with Crippen molar-refractivity contribution in [1.29, 1.82) is 0 Å². The van der Waals surface area contributed by atoms with E-state index >= 15 is 0 Å². The van der Waals surface area contributed by atoms with Crippen LogP contribution < -0.4 is 5.32 Å². The largest absolute Gasteiger partial charge is 0.313 e. The lowest BCUT2D eigenvalue weighted by atomic mass is 10.0. The highest BCUT2D eigenvalue weighted by atomic mass is 15.2. The fraction of sp³-hybridized carbons (Fsp3) is 1.00. The summed E-state index contributed by atoms with van der Waals surface area (Å²) in [6.45, 7) is 10.6. The lowest BCUT2D eigenvalue weighted by Gasteiger charge is -2.35. The van der Waals surface area contributed by atoms with Crippen molar-refractivity contribution in [2.45, 2.75) is 71.4 Å². The van der Waals surface area contributed by atoms with Gasteiger partial charge in [0.15, 0.2) is 0 Å². The van der Waals surface area contributed by atoms with Crippen molar-refractivity contribution >= 4 is 0 Å². The maximum absolute atomic E-state index is 3.67. The summed E-state index contributed by atoms with van der Waals surface area (Å²) >= 11 is 0. The molecule has 1 saturated heterocycles. The molecule has 2 heteroatoms. The zero-order valence-electron chi connectivity index (χ0n) is 11.5. The highest BCUT2D eigenvalue weighted by Crippen LogP contribution is 2.18. The van der Waals surface area contributed by atoms with Gasteiger partial charge in [0.1, 0.15) is 0 Å². The van der Waals surface area contributed by atoms with Crippen LogP contribution >= 0.6 is 0 Å². The molecule has 96 valence electrons. The van der Waals surface area contributed by atoms with E-state index in [1.54, 1.807) is 0 Å². The van der Waals surface area contributed by atoms with Gasteiger partial charge in [0.05, 0.1) is 0 Å². The highest BCUT2D eigenvalue weighted by molar-refractivity contribution is 4.76. The molecule has 0 aliphatic carbocycles. The van der Waals surface area contributed by atoms with Gasteiger partial charge in [-0.05, 0) is 38.6 Å². The third-order valence-electron chi connectivity index (χ3n) is 4.04. The van der Waals surface area contributed by atoms with Crippen molar-refractivity contribution in [3.05, 3.63) is 0 Å². The van der Waals surface area contributed by atoms with Crippen molar-refractivity contribution in [2.24, 2.45) is 0 Å². The lowest BCUT2D eigenvalue weighted by molar-refractivity contribution is 0.143. The van der Waals surface area contributed by atoms with Gasteiger partial charge >= 0.3 is 0 Å². The Kier molecular flexibility index (Phi) is 7.06. The zero-order chi connectivity index (χ0) is 11.8. The molecule has 1 rings (SSSR count). The van der Waals surface area contributed by atoms with Crippen molar-refractivity contribution in [1.82, 2.24) is 10.2 Å². The van der Waals surface area contributed by atoms with E-state index in [0.717, 1.165) is 12.1 Å². The Hall–Kier alpha value is -0.0800. The standard InChI is InChI=1S/C14H30N2/c1-4-13(5-2)15-10-12-16-11-8-7-9-14(16)6-3/h13-15H,4-12H2,1-3H3. The smallest absolute Gasteiger partial charge is 0.0110 e. The minimum atomic E-state index is 0.727. The predicted molar refractivity (Wildman–Crippen MR) is 71.9 cm³/mol. The SMILES string of the molecule is CCC(CC)NCCN1CCCCC1CC. The molecule has 1 heterocycles. The van der Waals surface area contributed by atoms with Crippen molar-refractivity contribution in [2.75, 3.05) is 19.6 Å². The van der Waals surface area contributed by atoms with Crippen LogP contribution in [0.5, 0.6) is 0 Å². The van der Waals surface area contributed by atoms with Gasteiger partial charge in [0, 0.05) is 25.2 Å². The first kappa shape index (κ1) is 14.0. The Labute approximate surface area is 102 Å². The second kappa shape index (κ2) is 8.08. The Morgan fingerprint density at radius 3 is 2.56 bits per heavy atom. The van der Waals surface area contributed by atoms with E-state index in [4.69, 9.17) is 0 Å². The minimum Gasteiger partial charge on any atom is -0.313 e. The van der Waals surface area contributed by atoms with E-state index in [2.05, 4.69) is 31.0 Å². The van der Waals surface area contributed by atoms with Crippen LogP contribution in [0.25, 0.3) is 0 Å². The van der Waals surface area contributed by atoms with Gasteiger partial charge in [-0.15, -0.1) is 0 Å². The summed E-state index contributed by atoms with van der Waals surface area (Å²) in [5, 5.41) is 3.67. The Bertz CT molecular complexity index is 166. The molecule has 1 aliphatic rings. The molecular formula is C14H30N2. The molecule has 16 heavy (non-hydrogen) atoms. The normalized spacial score (nSPS) is 22.9. The topological polar surface area (TPSA) is 15.3 Å². The van der Waals surface area contributed by atoms with Gasteiger partial charge in [-0.25, -0.2) is 0 Å². The van der Waals surface area contributed by atoms with Gasteiger partial charge in [-0.3, -0.25) is 4.90 Å². The first-order valence-corrected chi connectivity index (χ1v) is 7.29. The van der Waals surface area contributed by atoms with Gasteiger partial charge < -0.3 is 5.32 Å². The van der Waals surface area contributed by atoms with Crippen LogP contribution in [-0.4, -0.2) is 36.6 Å². The maximum Gasteiger partial charge on any atom is 0.0110 e. The van der Waals surface area contributed by atoms with Crippen molar-refractivity contribution in [3.63, 3.8) is 0 Å². The third-order valence-corrected chi connectivity index (χ3v) is 4.04. The van der Waals surface area contributed by atoms with E-state index in [0.29, 0.717) is 0 Å². The molecule has 0 amide bonds. The number of nitrogens with one attached hydrogen (secondary N) is 1. The first-order chi connectivity index (χ1) is 7.81. The van der Waals surface area contributed by atoms with E-state index in [1.165, 1.54) is 58.2 Å². The number of piperidine rings is 1. The molecule has 1 unspecified atom stereocenters. The van der Waals surface area contributed by atoms with Gasteiger partial charge in [-0.2, -0.15) is 0 Å². The lowest BCUT2D eigenvalue weighted by Crippen LogP contribution is -2.44. The molecule has 0 aromatic heterocycles. The molecule has 1 aliphatic heterocycles. The molecule has 0 spiro atoms. The summed E-state index contributed by atoms with van der Waals surface area (Å²) < 4.78 is 0. The van der Waals surface area contributed by atoms with Gasteiger partial charge in [0.25, 0.3) is 0 Å². The van der Waals surface area contributed by atoms with Crippen LogP contribution in [-0.2, 0) is 0 Å². The summed E-state index contributed by atoms with van der Waals surface area (Å²) in [6, 6.07) is 1.59. The van der Waals surface area contributed by atoms with Crippen molar-refractivity contribution in [3.8, 4) is 0 Å². The van der Waals surface area contributed by atoms with Crippen LogP contribution in [0.4, 0.5) is 0 Å². The summed E-state index contributed by atoms with van der Waals surface area (Å²) in [5.41, 5.74) is 0. The molecule has 2 nitrogen and oxygen atoms in total. The van der Waals surface area contributed by atoms with E-state index in [9.17, 15) is 0 Å². The number of hydrogen-bond donors (Lipinski definition) is 1. The monoisotopic (exact) mass is 226 g/mol. The summed E-state index contributed by atoms with van der Waals surface area (Å²) in [5.74, 6) is 0. The minimum absolute atomic E-state index is 0.727. The van der Waals surface area contributed by atoms with Crippen LogP contribution in [0.2, 0.25) is 0 Å². The first-order valence-electron chi connectivity index (χ1n) is 7.29. The van der Waals surface area contributed by atoms with Gasteiger partial charge in [-0.1, -0.05) is 27.2 Å². The molecule has 0 aromatic rings. The second-order valence-electron chi connectivity index (χ2n) is 5.06. The van der Waals surface area contributed by atoms with Crippen LogP contribution in [0, 0.1) is 0 Å². The van der Waals surface area contributed by atoms with Crippen molar-refractivity contribution < 1.29 is 0 Å². The quantitative estimate of drug-likeness (QED) is 0.718. The molecule has 0 aromatic carbocycles. The molecule has 1 fully saturated rings. The van der Waals surface area contributed by atoms with Gasteiger partial charge in [0.2, 0.25) is 0 Å². The van der Waals surface area contributed by atoms with E-state index in [-0.39, 0.29) is 0 Å². The predicted octanol–water partition coefficient (Wildman–Crippen LogP) is 3.03. The fourth-order valence-electron chi connectivity index (χ4n) is 2.81. The number of likely N-dealkylation sites (tertiary alicyclic amines) is 1. The highest BCUT2D eigenvalue weighted by Gasteiger charge is 2.19. The van der Waals surface area contributed by atoms with E-state index in [1.807, 2.05) is 0 Å². The van der Waals surface area contributed by atoms with Crippen LogP contribution in [0.1, 0.15) is 59.3 Å². The Morgan fingerprint density at radius 2 is 1.94 bits per heavy atom. The molecule has 1 atom stereocenters. The zero-order valence-corrected chi connectivity index (χ0v) is 11.5. The number of rotatable bonds is 7. The summed E-state index contributed by atoms with van der Waals surface area (Å²) in [6.07, 6.45) is 8.10.